The Bertz CT molecular complexity index is 1810. The number of Topliss-reactive ketones (excluding diaryl/α,β-unsaturated/α-hetero) is 2. The molecule has 1 saturated carbocycles. The zero-order valence-electron chi connectivity index (χ0n) is 22.0. The first-order valence-corrected chi connectivity index (χ1v) is 13.8. The van der Waals surface area contributed by atoms with Gasteiger partial charge in [-0.1, -0.05) is 17.9 Å². The predicted molar refractivity (Wildman–Crippen MR) is 149 cm³/mol. The number of carbonyl (C=O) groups is 3. The summed E-state index contributed by atoms with van der Waals surface area (Å²) in [5.41, 5.74) is 3.30. The number of carbonyl (C=O) groups excluding carboxylic acids is 3. The Balaban J connectivity index is 1.40. The number of phenolic OH excluding ortho intramolecular Hbond substituents is 1. The standard InChI is InChI=1S/C28H23N5O9S/c29-26(39)22-19(35)9-13-6-12-8-15-16(30-27-31-17(10-43-27)11-2-1-3-14(7-11)33(41)42)4-5-18(34)21(15)23(36)20(12)24(37)28(13,32-40)25(22)38/h1-5,7,10,12-13,34,36,38,41-42H,6,8-9H2,(H2,29,39)(H,30,31)/p-1/t12-,13+,28+/m1/s1. The van der Waals surface area contributed by atoms with Crippen molar-refractivity contribution in [1.29, 1.82) is 0 Å². The molecule has 3 aliphatic carbocycles. The van der Waals surface area contributed by atoms with Crippen LogP contribution in [-0.2, 0) is 20.8 Å². The number of fused-ring (bicyclic) bond motifs is 3. The number of phenols is 1. The first kappa shape index (κ1) is 28.0. The summed E-state index contributed by atoms with van der Waals surface area (Å²) < 4.78 is 0. The van der Waals surface area contributed by atoms with Crippen LogP contribution in [0.1, 0.15) is 24.0 Å². The number of aromatic nitrogens is 1. The zero-order chi connectivity index (χ0) is 30.8. The summed E-state index contributed by atoms with van der Waals surface area (Å²) in [7, 11) is 0. The number of hydrogen-bond donors (Lipinski definition) is 6. The summed E-state index contributed by atoms with van der Waals surface area (Å²) >= 11 is 1.23. The summed E-state index contributed by atoms with van der Waals surface area (Å²) in [5, 5.41) is 62.1. The van der Waals surface area contributed by atoms with Crippen molar-refractivity contribution in [3.05, 3.63) is 74.7 Å². The fourth-order valence-electron chi connectivity index (χ4n) is 6.24. The van der Waals surface area contributed by atoms with Crippen LogP contribution in [-0.4, -0.2) is 48.6 Å². The topological polar surface area (TPSA) is 239 Å². The van der Waals surface area contributed by atoms with E-state index in [0.29, 0.717) is 27.6 Å². The molecule has 220 valence electrons. The van der Waals surface area contributed by atoms with Gasteiger partial charge in [0.05, 0.1) is 11.4 Å². The van der Waals surface area contributed by atoms with Crippen molar-refractivity contribution in [2.24, 2.45) is 22.7 Å². The molecule has 2 aromatic carbocycles. The van der Waals surface area contributed by atoms with E-state index in [0.717, 1.165) is 0 Å². The van der Waals surface area contributed by atoms with Crippen molar-refractivity contribution in [3.8, 4) is 17.0 Å². The molecule has 1 amide bonds. The van der Waals surface area contributed by atoms with Crippen molar-refractivity contribution >= 4 is 51.1 Å². The Labute approximate surface area is 245 Å². The molecule has 0 bridgehead atoms. The molecule has 3 aliphatic rings. The second-order valence-electron chi connectivity index (χ2n) is 10.5. The largest absolute Gasteiger partial charge is 0.872 e. The lowest BCUT2D eigenvalue weighted by Gasteiger charge is -2.47. The molecule has 1 heterocycles. The second kappa shape index (κ2) is 10.0. The molecule has 0 radical (unpaired) electrons. The number of rotatable bonds is 6. The summed E-state index contributed by atoms with van der Waals surface area (Å²) in [6.07, 6.45) is -0.447. The quantitative estimate of drug-likeness (QED) is 0.103. The molecule has 15 heteroatoms. The lowest BCUT2D eigenvalue weighted by molar-refractivity contribution is -0.246. The normalized spacial score (nSPS) is 22.9. The third kappa shape index (κ3) is 4.16. The maximum Gasteiger partial charge on any atom is 0.255 e. The number of benzene rings is 2. The first-order valence-electron chi connectivity index (χ1n) is 12.9. The van der Waals surface area contributed by atoms with Crippen LogP contribution in [0.5, 0.6) is 5.75 Å². The SMILES string of the molecule is NC(=O)C1=C(O)[C@@]2(N=O)C(=O)C3=C([O-])c4c(O)ccc(Nc5nc(-c6cccc(N(O)O)c6)cs5)c4C[C@H]3C[C@H]2CC1=O. The van der Waals surface area contributed by atoms with Gasteiger partial charge in [0.2, 0.25) is 5.54 Å². The van der Waals surface area contributed by atoms with Crippen molar-refractivity contribution in [2.45, 2.75) is 24.8 Å². The van der Waals surface area contributed by atoms with E-state index in [-0.39, 0.29) is 34.9 Å². The fraction of sp³-hybridized carbons (Fsp3) is 0.214. The number of nitrogens with one attached hydrogen (secondary N) is 1. The van der Waals surface area contributed by atoms with Crippen molar-refractivity contribution in [2.75, 3.05) is 10.5 Å². The average molecular weight is 605 g/mol. The number of nitrogens with two attached hydrogens (primary N) is 1. The van der Waals surface area contributed by atoms with Crippen molar-refractivity contribution in [3.63, 3.8) is 0 Å². The number of nitrogens with zero attached hydrogens (tertiary/aromatic N) is 3. The summed E-state index contributed by atoms with van der Waals surface area (Å²) in [5.74, 6) is -7.60. The maximum atomic E-state index is 13.8. The third-order valence-corrected chi connectivity index (χ3v) is 8.95. The summed E-state index contributed by atoms with van der Waals surface area (Å²) in [6, 6.07) is 9.17. The molecule has 1 aromatic heterocycles. The van der Waals surface area contributed by atoms with Gasteiger partial charge in [0, 0.05) is 34.5 Å². The predicted octanol–water partition coefficient (Wildman–Crippen LogP) is 2.45. The lowest BCUT2D eigenvalue weighted by atomic mass is 9.58. The van der Waals surface area contributed by atoms with Crippen LogP contribution in [0, 0.1) is 16.7 Å². The van der Waals surface area contributed by atoms with Gasteiger partial charge >= 0.3 is 0 Å². The van der Waals surface area contributed by atoms with Gasteiger partial charge < -0.3 is 26.4 Å². The minimum Gasteiger partial charge on any atom is -0.872 e. The lowest BCUT2D eigenvalue weighted by Crippen LogP contribution is -2.57. The van der Waals surface area contributed by atoms with E-state index in [9.17, 15) is 45.0 Å². The van der Waals surface area contributed by atoms with E-state index in [1.165, 1.54) is 29.5 Å². The van der Waals surface area contributed by atoms with Crippen LogP contribution in [0.4, 0.5) is 16.5 Å². The molecular formula is C28H22N5O9S-. The molecule has 0 unspecified atom stereocenters. The number of primary amides is 1. The first-order chi connectivity index (χ1) is 20.5. The van der Waals surface area contributed by atoms with Gasteiger partial charge in [-0.2, -0.15) is 0 Å². The van der Waals surface area contributed by atoms with Crippen LogP contribution in [0.25, 0.3) is 17.0 Å². The number of hydrogen-bond acceptors (Lipinski definition) is 14. The number of amides is 1. The molecule has 43 heavy (non-hydrogen) atoms. The van der Waals surface area contributed by atoms with Gasteiger partial charge in [-0.15, -0.1) is 21.5 Å². The van der Waals surface area contributed by atoms with E-state index in [2.05, 4.69) is 15.5 Å². The van der Waals surface area contributed by atoms with E-state index in [4.69, 9.17) is 5.73 Å². The van der Waals surface area contributed by atoms with E-state index in [1.54, 1.807) is 23.6 Å². The Kier molecular flexibility index (Phi) is 6.52. The van der Waals surface area contributed by atoms with Gasteiger partial charge in [0.15, 0.2) is 16.7 Å². The van der Waals surface area contributed by atoms with Crippen LogP contribution in [0.3, 0.4) is 0 Å². The summed E-state index contributed by atoms with van der Waals surface area (Å²) in [4.78, 5) is 55.0. The monoisotopic (exact) mass is 604 g/mol. The molecule has 7 N–H and O–H groups in total. The second-order valence-corrected chi connectivity index (χ2v) is 11.3. The Hall–Kier alpha value is -5.12. The molecule has 0 spiro atoms. The maximum absolute atomic E-state index is 13.8. The highest BCUT2D eigenvalue weighted by atomic mass is 32.1. The zero-order valence-corrected chi connectivity index (χ0v) is 22.8. The van der Waals surface area contributed by atoms with Crippen LogP contribution >= 0.6 is 11.3 Å². The molecule has 3 aromatic rings. The third-order valence-electron chi connectivity index (χ3n) is 8.19. The van der Waals surface area contributed by atoms with Gasteiger partial charge in [0.1, 0.15) is 17.1 Å². The minimum atomic E-state index is -2.56. The Morgan fingerprint density at radius 1 is 1.19 bits per heavy atom. The van der Waals surface area contributed by atoms with Crippen LogP contribution in [0.2, 0.25) is 0 Å². The average Bonchev–Trinajstić information content (AvgIpc) is 3.43. The van der Waals surface area contributed by atoms with Crippen molar-refractivity contribution in [1.82, 2.24) is 4.98 Å². The fourth-order valence-corrected chi connectivity index (χ4v) is 6.98. The molecule has 0 saturated heterocycles. The Morgan fingerprint density at radius 3 is 2.65 bits per heavy atom. The smallest absolute Gasteiger partial charge is 0.255 e. The molecule has 1 fully saturated rings. The molecule has 14 nitrogen and oxygen atoms in total. The number of aliphatic hydroxyl groups excluding tert-OH is 1. The summed E-state index contributed by atoms with van der Waals surface area (Å²) in [6.45, 7) is 0. The molecule has 0 aliphatic heterocycles. The van der Waals surface area contributed by atoms with Crippen LogP contribution in [0.15, 0.2) is 63.9 Å². The van der Waals surface area contributed by atoms with Gasteiger partial charge in [-0.3, -0.25) is 24.8 Å². The Morgan fingerprint density at radius 2 is 1.95 bits per heavy atom. The minimum absolute atomic E-state index is 0.0111. The number of anilines is 3. The highest BCUT2D eigenvalue weighted by Crippen LogP contribution is 2.54. The molecular weight excluding hydrogens is 582 g/mol. The van der Waals surface area contributed by atoms with Crippen molar-refractivity contribution < 1.29 is 40.1 Å². The number of aliphatic hydroxyl groups is 1. The molecule has 3 atom stereocenters. The van der Waals surface area contributed by atoms with Crippen LogP contribution < -0.4 is 21.4 Å². The number of ketones is 2. The van der Waals surface area contributed by atoms with E-state index >= 15 is 0 Å². The highest BCUT2D eigenvalue weighted by Gasteiger charge is 2.62. The van der Waals surface area contributed by atoms with Gasteiger partial charge in [-0.05, 0) is 59.3 Å². The van der Waals surface area contributed by atoms with Gasteiger partial charge in [0.25, 0.3) is 5.91 Å². The van der Waals surface area contributed by atoms with Gasteiger partial charge in [-0.25, -0.2) is 4.98 Å². The number of nitroso groups, excluding NO2 is 1. The van der Waals surface area contributed by atoms with E-state index in [1.807, 2.05) is 0 Å². The highest BCUT2D eigenvalue weighted by molar-refractivity contribution is 7.14. The van der Waals surface area contributed by atoms with E-state index < -0.39 is 64.1 Å². The number of thiazole rings is 1. The molecule has 6 rings (SSSR count). The number of aromatic hydroxyl groups is 1.